The molecule has 3 heteroatoms. The Hall–Kier alpha value is -1.74. The van der Waals surface area contributed by atoms with Crippen LogP contribution in [0.15, 0.2) is 59.5 Å². The molecule has 1 atom stereocenters. The fraction of sp³-hybridized carbons (Fsp3) is 0.278. The second-order valence-corrected chi connectivity index (χ2v) is 7.30. The van der Waals surface area contributed by atoms with Crippen molar-refractivity contribution in [2.45, 2.75) is 36.3 Å². The Kier molecular flexibility index (Phi) is 4.73. The third-order valence-corrected chi connectivity index (χ3v) is 4.85. The summed E-state index contributed by atoms with van der Waals surface area (Å²) < 4.78 is -0.0631. The van der Waals surface area contributed by atoms with Gasteiger partial charge in [-0.3, -0.25) is 4.79 Å². The number of thioether (sulfide) groups is 1. The number of carbonyl (C=O) groups is 1. The van der Waals surface area contributed by atoms with Crippen molar-refractivity contribution >= 4 is 17.7 Å². The first-order chi connectivity index (χ1) is 9.90. The first kappa shape index (κ1) is 15.6. The van der Waals surface area contributed by atoms with Gasteiger partial charge in [-0.1, -0.05) is 42.5 Å². The Morgan fingerprint density at radius 2 is 1.62 bits per heavy atom. The van der Waals surface area contributed by atoms with Crippen LogP contribution in [0.5, 0.6) is 0 Å². The van der Waals surface area contributed by atoms with E-state index in [0.717, 1.165) is 5.56 Å². The normalized spacial score (nSPS) is 12.9. The van der Waals surface area contributed by atoms with Crippen LogP contribution in [0.1, 0.15) is 37.8 Å². The lowest BCUT2D eigenvalue weighted by Crippen LogP contribution is -2.13. The highest BCUT2D eigenvalue weighted by atomic mass is 32.2. The molecular formula is C18H20O2S. The highest BCUT2D eigenvalue weighted by Crippen LogP contribution is 2.40. The fourth-order valence-corrected chi connectivity index (χ4v) is 3.29. The van der Waals surface area contributed by atoms with Gasteiger partial charge in [0.1, 0.15) is 0 Å². The first-order valence-corrected chi connectivity index (χ1v) is 7.79. The second kappa shape index (κ2) is 6.35. The van der Waals surface area contributed by atoms with Crippen LogP contribution in [0.4, 0.5) is 0 Å². The van der Waals surface area contributed by atoms with E-state index in [1.54, 1.807) is 18.7 Å². The maximum absolute atomic E-state index is 11.0. The molecule has 0 saturated heterocycles. The van der Waals surface area contributed by atoms with Crippen LogP contribution in [0.2, 0.25) is 0 Å². The Morgan fingerprint density at radius 1 is 1.05 bits per heavy atom. The molecule has 0 spiro atoms. The lowest BCUT2D eigenvalue weighted by atomic mass is 9.96. The van der Waals surface area contributed by atoms with E-state index in [9.17, 15) is 4.79 Å². The number of carboxylic acids is 1. The second-order valence-electron chi connectivity index (χ2n) is 5.61. The van der Waals surface area contributed by atoms with Crippen LogP contribution in [-0.2, 0) is 9.54 Å². The number of carboxylic acid groups (broad SMARTS) is 1. The molecule has 1 N–H and O–H groups in total. The van der Waals surface area contributed by atoms with E-state index in [4.69, 9.17) is 5.11 Å². The molecule has 0 fully saturated rings. The zero-order valence-corrected chi connectivity index (χ0v) is 13.4. The largest absolute Gasteiger partial charge is 0.481 e. The van der Waals surface area contributed by atoms with Crippen molar-refractivity contribution in [1.82, 2.24) is 0 Å². The van der Waals surface area contributed by atoms with E-state index in [-0.39, 0.29) is 4.75 Å². The molecule has 0 amide bonds. The van der Waals surface area contributed by atoms with Crippen molar-refractivity contribution in [2.75, 3.05) is 0 Å². The third kappa shape index (κ3) is 3.88. The Bertz CT molecular complexity index is 603. The van der Waals surface area contributed by atoms with Gasteiger partial charge >= 0.3 is 5.97 Å². The highest BCUT2D eigenvalue weighted by Gasteiger charge is 2.22. The van der Waals surface area contributed by atoms with Crippen LogP contribution < -0.4 is 0 Å². The monoisotopic (exact) mass is 300 g/mol. The molecule has 0 saturated carbocycles. The van der Waals surface area contributed by atoms with Crippen molar-refractivity contribution < 1.29 is 9.90 Å². The lowest BCUT2D eigenvalue weighted by molar-refractivity contribution is -0.138. The zero-order chi connectivity index (χ0) is 15.5. The summed E-state index contributed by atoms with van der Waals surface area (Å²) in [7, 11) is 0. The zero-order valence-electron chi connectivity index (χ0n) is 12.5. The van der Waals surface area contributed by atoms with Crippen molar-refractivity contribution in [2.24, 2.45) is 0 Å². The summed E-state index contributed by atoms with van der Waals surface area (Å²) in [4.78, 5) is 12.2. The van der Waals surface area contributed by atoms with Gasteiger partial charge in [0.2, 0.25) is 0 Å². The van der Waals surface area contributed by atoms with E-state index in [1.807, 2.05) is 42.5 Å². The smallest absolute Gasteiger partial charge is 0.310 e. The quantitative estimate of drug-likeness (QED) is 0.798. The molecule has 0 aliphatic rings. The Balaban J connectivity index is 2.19. The predicted octanol–water partition coefficient (Wildman–Crippen LogP) is 4.90. The molecule has 0 aliphatic carbocycles. The number of hydrogen-bond donors (Lipinski definition) is 1. The van der Waals surface area contributed by atoms with Gasteiger partial charge in [0, 0.05) is 9.64 Å². The van der Waals surface area contributed by atoms with E-state index < -0.39 is 11.9 Å². The molecule has 2 aromatic carbocycles. The first-order valence-electron chi connectivity index (χ1n) is 6.97. The van der Waals surface area contributed by atoms with Gasteiger partial charge in [-0.25, -0.2) is 0 Å². The maximum atomic E-state index is 11.0. The molecule has 0 radical (unpaired) electrons. The van der Waals surface area contributed by atoms with Gasteiger partial charge in [0.25, 0.3) is 0 Å². The maximum Gasteiger partial charge on any atom is 0.310 e. The molecule has 21 heavy (non-hydrogen) atoms. The van der Waals surface area contributed by atoms with Crippen LogP contribution in [0.3, 0.4) is 0 Å². The van der Waals surface area contributed by atoms with Crippen molar-refractivity contribution in [3.8, 4) is 0 Å². The number of hydrogen-bond acceptors (Lipinski definition) is 2. The van der Waals surface area contributed by atoms with Crippen LogP contribution >= 0.6 is 11.8 Å². The van der Waals surface area contributed by atoms with Gasteiger partial charge in [-0.15, -0.1) is 11.8 Å². The van der Waals surface area contributed by atoms with E-state index in [0.29, 0.717) is 0 Å². The number of aliphatic carboxylic acids is 1. The minimum Gasteiger partial charge on any atom is -0.481 e. The molecule has 2 rings (SSSR count). The SMILES string of the molecule is C[C@@H](C(=O)O)c1ccc(C(C)(C)Sc2ccccc2)cc1. The van der Waals surface area contributed by atoms with Crippen LogP contribution in [0.25, 0.3) is 0 Å². The van der Waals surface area contributed by atoms with E-state index >= 15 is 0 Å². The Morgan fingerprint density at radius 3 is 2.14 bits per heavy atom. The van der Waals surface area contributed by atoms with Gasteiger partial charge in [0.15, 0.2) is 0 Å². The summed E-state index contributed by atoms with van der Waals surface area (Å²) in [6.07, 6.45) is 0. The average molecular weight is 300 g/mol. The van der Waals surface area contributed by atoms with Crippen molar-refractivity contribution in [1.29, 1.82) is 0 Å². The fourth-order valence-electron chi connectivity index (χ4n) is 2.16. The molecule has 2 nitrogen and oxygen atoms in total. The topological polar surface area (TPSA) is 37.3 Å². The summed E-state index contributed by atoms with van der Waals surface area (Å²) >= 11 is 1.80. The number of rotatable bonds is 5. The summed E-state index contributed by atoms with van der Waals surface area (Å²) in [5.74, 6) is -1.26. The standard InChI is InChI=1S/C18H20O2S/c1-13(17(19)20)14-9-11-15(12-10-14)18(2,3)21-16-7-5-4-6-8-16/h4-13H,1-3H3,(H,19,20)/t13-/m1/s1. The molecule has 0 heterocycles. The molecule has 0 unspecified atom stereocenters. The van der Waals surface area contributed by atoms with Crippen LogP contribution in [-0.4, -0.2) is 11.1 Å². The molecule has 0 bridgehead atoms. The molecule has 0 aliphatic heterocycles. The van der Waals surface area contributed by atoms with Gasteiger partial charge in [-0.05, 0) is 44.0 Å². The number of benzene rings is 2. The predicted molar refractivity (Wildman–Crippen MR) is 87.8 cm³/mol. The van der Waals surface area contributed by atoms with Gasteiger partial charge in [0.05, 0.1) is 5.92 Å². The van der Waals surface area contributed by atoms with Crippen molar-refractivity contribution in [3.05, 3.63) is 65.7 Å². The van der Waals surface area contributed by atoms with Gasteiger partial charge < -0.3 is 5.11 Å². The molecule has 110 valence electrons. The minimum atomic E-state index is -0.791. The Labute approximate surface area is 130 Å². The molecule has 0 aromatic heterocycles. The summed E-state index contributed by atoms with van der Waals surface area (Å²) in [5, 5.41) is 9.06. The lowest BCUT2D eigenvalue weighted by Gasteiger charge is -2.25. The summed E-state index contributed by atoms with van der Waals surface area (Å²) in [6.45, 7) is 6.07. The van der Waals surface area contributed by atoms with E-state index in [1.165, 1.54) is 10.5 Å². The minimum absolute atomic E-state index is 0.0631. The average Bonchev–Trinajstić information content (AvgIpc) is 2.47. The highest BCUT2D eigenvalue weighted by molar-refractivity contribution is 8.00. The molecule has 2 aromatic rings. The van der Waals surface area contributed by atoms with Crippen LogP contribution in [0, 0.1) is 0 Å². The van der Waals surface area contributed by atoms with E-state index in [2.05, 4.69) is 26.0 Å². The van der Waals surface area contributed by atoms with Crippen molar-refractivity contribution in [3.63, 3.8) is 0 Å². The third-order valence-electron chi connectivity index (χ3n) is 3.59. The summed E-state index contributed by atoms with van der Waals surface area (Å²) in [6, 6.07) is 18.2. The summed E-state index contributed by atoms with van der Waals surface area (Å²) in [5.41, 5.74) is 2.03. The van der Waals surface area contributed by atoms with Gasteiger partial charge in [-0.2, -0.15) is 0 Å². The molecular weight excluding hydrogens is 280 g/mol.